The largest absolute Gasteiger partial charge is 0.491 e. The molecule has 2 heterocycles. The number of ether oxygens (including phenoxy) is 1. The van der Waals surface area contributed by atoms with Crippen LogP contribution in [0.4, 0.5) is 30.7 Å². The predicted octanol–water partition coefficient (Wildman–Crippen LogP) is 7.70. The molecule has 3 atom stereocenters. The molecule has 43 heavy (non-hydrogen) atoms. The van der Waals surface area contributed by atoms with E-state index in [-0.39, 0.29) is 48.2 Å². The number of nitrogens with zero attached hydrogens (tertiary/aromatic N) is 2. The molecular weight excluding hydrogens is 579 g/mol. The van der Waals surface area contributed by atoms with E-state index in [1.165, 1.54) is 6.07 Å². The highest BCUT2D eigenvalue weighted by Gasteiger charge is 2.42. The number of hydrogen-bond donors (Lipinski definition) is 2. The number of aliphatic hydroxyl groups is 1. The SMILES string of the molecule is CC1CC(F)(c2ccc(C(F)(F)F)cc2)CC(COc2cc3ncn(C4CC(C)(O)C4)c3c3ccc(C(F)(F)F)cc23)N1. The number of benzene rings is 3. The summed E-state index contributed by atoms with van der Waals surface area (Å²) in [6.45, 7) is 3.39. The molecule has 1 aromatic heterocycles. The zero-order valence-electron chi connectivity index (χ0n) is 23.4. The van der Waals surface area contributed by atoms with Gasteiger partial charge in [-0.1, -0.05) is 18.2 Å². The second-order valence-electron chi connectivity index (χ2n) is 12.2. The van der Waals surface area contributed by atoms with Gasteiger partial charge in [0, 0.05) is 47.8 Å². The fourth-order valence-electron chi connectivity index (χ4n) is 6.61. The molecule has 6 rings (SSSR count). The average Bonchev–Trinajstić information content (AvgIpc) is 3.32. The van der Waals surface area contributed by atoms with Crippen molar-refractivity contribution >= 4 is 21.8 Å². The third-order valence-corrected chi connectivity index (χ3v) is 8.59. The Bertz CT molecular complexity index is 1650. The Morgan fingerprint density at radius 1 is 0.930 bits per heavy atom. The van der Waals surface area contributed by atoms with Gasteiger partial charge in [-0.05, 0) is 56.5 Å². The summed E-state index contributed by atoms with van der Waals surface area (Å²) in [5, 5.41) is 14.2. The highest BCUT2D eigenvalue weighted by atomic mass is 19.4. The predicted molar refractivity (Wildman–Crippen MR) is 146 cm³/mol. The molecule has 0 bridgehead atoms. The van der Waals surface area contributed by atoms with Crippen LogP contribution >= 0.6 is 0 Å². The molecule has 0 spiro atoms. The Morgan fingerprint density at radius 3 is 2.21 bits per heavy atom. The van der Waals surface area contributed by atoms with Crippen LogP contribution in [0.5, 0.6) is 5.75 Å². The molecule has 3 aromatic carbocycles. The molecule has 1 aliphatic heterocycles. The van der Waals surface area contributed by atoms with Crippen molar-refractivity contribution in [2.75, 3.05) is 6.61 Å². The fraction of sp³-hybridized carbons (Fsp3) is 0.452. The Morgan fingerprint density at radius 2 is 1.58 bits per heavy atom. The number of imidazole rings is 1. The number of fused-ring (bicyclic) bond motifs is 3. The maximum absolute atomic E-state index is 16.2. The molecule has 2 N–H and O–H groups in total. The van der Waals surface area contributed by atoms with Crippen LogP contribution in [0.15, 0.2) is 54.9 Å². The highest BCUT2D eigenvalue weighted by Crippen LogP contribution is 2.45. The Balaban J connectivity index is 1.31. The number of halogens is 7. The number of nitrogens with one attached hydrogen (secondary N) is 1. The Labute approximate surface area is 242 Å². The topological polar surface area (TPSA) is 59.3 Å². The summed E-state index contributed by atoms with van der Waals surface area (Å²) in [4.78, 5) is 4.47. The molecule has 2 aliphatic rings. The third-order valence-electron chi connectivity index (χ3n) is 8.59. The quantitative estimate of drug-likeness (QED) is 0.228. The van der Waals surface area contributed by atoms with Crippen molar-refractivity contribution in [3.8, 4) is 5.75 Å². The van der Waals surface area contributed by atoms with E-state index in [0.717, 1.165) is 36.4 Å². The lowest BCUT2D eigenvalue weighted by Gasteiger charge is -2.41. The van der Waals surface area contributed by atoms with Crippen molar-refractivity contribution < 1.29 is 40.6 Å². The Hall–Kier alpha value is -3.38. The van der Waals surface area contributed by atoms with Gasteiger partial charge in [-0.15, -0.1) is 0 Å². The number of alkyl halides is 7. The summed E-state index contributed by atoms with van der Waals surface area (Å²) < 4.78 is 104. The van der Waals surface area contributed by atoms with E-state index in [1.54, 1.807) is 26.2 Å². The molecule has 4 aromatic rings. The second-order valence-corrected chi connectivity index (χ2v) is 12.2. The van der Waals surface area contributed by atoms with Gasteiger partial charge in [0.2, 0.25) is 0 Å². The summed E-state index contributed by atoms with van der Waals surface area (Å²) in [5.74, 6) is 0.151. The zero-order chi connectivity index (χ0) is 30.9. The van der Waals surface area contributed by atoms with Crippen molar-refractivity contribution in [1.82, 2.24) is 14.9 Å². The van der Waals surface area contributed by atoms with Gasteiger partial charge in [-0.25, -0.2) is 9.37 Å². The zero-order valence-corrected chi connectivity index (χ0v) is 23.4. The van der Waals surface area contributed by atoms with Gasteiger partial charge in [0.15, 0.2) is 0 Å². The summed E-state index contributed by atoms with van der Waals surface area (Å²) >= 11 is 0. The summed E-state index contributed by atoms with van der Waals surface area (Å²) in [6, 6.07) is 8.01. The highest BCUT2D eigenvalue weighted by molar-refractivity contribution is 6.08. The van der Waals surface area contributed by atoms with E-state index in [1.807, 2.05) is 4.57 Å². The fourth-order valence-corrected chi connectivity index (χ4v) is 6.61. The van der Waals surface area contributed by atoms with Crippen LogP contribution in [0.1, 0.15) is 62.3 Å². The van der Waals surface area contributed by atoms with Crippen molar-refractivity contribution in [2.45, 2.75) is 81.3 Å². The minimum Gasteiger partial charge on any atom is -0.491 e. The summed E-state index contributed by atoms with van der Waals surface area (Å²) in [7, 11) is 0. The number of rotatable bonds is 5. The first-order valence-electron chi connectivity index (χ1n) is 14.0. The molecule has 1 saturated carbocycles. The van der Waals surface area contributed by atoms with Crippen LogP contribution in [0.2, 0.25) is 0 Å². The van der Waals surface area contributed by atoms with E-state index in [0.29, 0.717) is 29.3 Å². The molecule has 2 fully saturated rings. The van der Waals surface area contributed by atoms with Crippen LogP contribution in [0.3, 0.4) is 0 Å². The van der Waals surface area contributed by atoms with Crippen LogP contribution in [-0.2, 0) is 18.0 Å². The van der Waals surface area contributed by atoms with Gasteiger partial charge in [0.05, 0.1) is 34.1 Å². The van der Waals surface area contributed by atoms with Crippen LogP contribution in [-0.4, -0.2) is 38.9 Å². The molecule has 12 heteroatoms. The van der Waals surface area contributed by atoms with Gasteiger partial charge in [-0.2, -0.15) is 26.3 Å². The normalized spacial score (nSPS) is 28.3. The summed E-state index contributed by atoms with van der Waals surface area (Å²) in [6.07, 6.45) is -6.64. The molecule has 0 amide bonds. The second kappa shape index (κ2) is 10.1. The van der Waals surface area contributed by atoms with E-state index >= 15 is 4.39 Å². The Kier molecular flexibility index (Phi) is 6.96. The monoisotopic (exact) mass is 609 g/mol. The first-order valence-corrected chi connectivity index (χ1v) is 14.0. The van der Waals surface area contributed by atoms with Crippen LogP contribution < -0.4 is 10.1 Å². The van der Waals surface area contributed by atoms with Crippen molar-refractivity contribution in [2.24, 2.45) is 0 Å². The molecule has 1 aliphatic carbocycles. The van der Waals surface area contributed by atoms with Crippen LogP contribution in [0, 0.1) is 0 Å². The number of hydrogen-bond acceptors (Lipinski definition) is 4. The van der Waals surface area contributed by atoms with Crippen molar-refractivity contribution in [3.05, 3.63) is 71.5 Å². The maximum atomic E-state index is 16.2. The molecular formula is C31H30F7N3O2. The number of piperidine rings is 1. The van der Waals surface area contributed by atoms with Crippen molar-refractivity contribution in [3.63, 3.8) is 0 Å². The molecule has 0 radical (unpaired) electrons. The molecule has 3 unspecified atom stereocenters. The first-order chi connectivity index (χ1) is 20.0. The van der Waals surface area contributed by atoms with Gasteiger partial charge < -0.3 is 19.7 Å². The van der Waals surface area contributed by atoms with Crippen LogP contribution in [0.25, 0.3) is 21.8 Å². The third kappa shape index (κ3) is 5.66. The standard InChI is InChI=1S/C31H30F7N3O2/c1-17-11-29(32,18-3-5-19(6-4-18)30(33,34)35)12-21(40-17)15-43-26-10-25-27(41(16-39-25)22-13-28(2,42)14-22)23-8-7-20(9-24(23)26)31(36,37)38/h3-10,16-17,21-22,40,42H,11-15H2,1-2H3. The smallest absolute Gasteiger partial charge is 0.416 e. The maximum Gasteiger partial charge on any atom is 0.416 e. The number of aromatic nitrogens is 2. The minimum atomic E-state index is -4.59. The van der Waals surface area contributed by atoms with Crippen molar-refractivity contribution in [1.29, 1.82) is 0 Å². The van der Waals surface area contributed by atoms with E-state index < -0.39 is 40.8 Å². The van der Waals surface area contributed by atoms with Gasteiger partial charge in [-0.3, -0.25) is 0 Å². The molecule has 230 valence electrons. The van der Waals surface area contributed by atoms with Gasteiger partial charge in [0.1, 0.15) is 18.0 Å². The van der Waals surface area contributed by atoms with Gasteiger partial charge in [0.25, 0.3) is 0 Å². The lowest BCUT2D eigenvalue weighted by molar-refractivity contribution is -0.138. The molecule has 1 saturated heterocycles. The van der Waals surface area contributed by atoms with E-state index in [2.05, 4.69) is 10.3 Å². The average molecular weight is 610 g/mol. The van der Waals surface area contributed by atoms with Gasteiger partial charge >= 0.3 is 12.4 Å². The van der Waals surface area contributed by atoms with E-state index in [9.17, 15) is 31.4 Å². The molecule has 5 nitrogen and oxygen atoms in total. The minimum absolute atomic E-state index is 0.0319. The lowest BCUT2D eigenvalue weighted by atomic mass is 9.77. The summed E-state index contributed by atoms with van der Waals surface area (Å²) in [5.41, 5.74) is -3.21. The lowest BCUT2D eigenvalue weighted by Crippen LogP contribution is -2.51. The first kappa shape index (κ1) is 29.7. The van der Waals surface area contributed by atoms with E-state index in [4.69, 9.17) is 4.74 Å².